The van der Waals surface area contributed by atoms with E-state index < -0.39 is 0 Å². The Kier molecular flexibility index (Phi) is 9.08. The Morgan fingerprint density at radius 1 is 0.565 bits per heavy atom. The van der Waals surface area contributed by atoms with Gasteiger partial charge < -0.3 is 28.4 Å². The van der Waals surface area contributed by atoms with Gasteiger partial charge in [0.2, 0.25) is 0 Å². The predicted molar refractivity (Wildman–Crippen MR) is 181 cm³/mol. The summed E-state index contributed by atoms with van der Waals surface area (Å²) in [4.78, 5) is 0. The van der Waals surface area contributed by atoms with E-state index >= 15 is 0 Å². The van der Waals surface area contributed by atoms with Crippen molar-refractivity contribution < 1.29 is 28.4 Å². The molecule has 0 saturated carbocycles. The Balaban J connectivity index is 1.42. The third-order valence-electron chi connectivity index (χ3n) is 8.08. The van der Waals surface area contributed by atoms with E-state index in [2.05, 4.69) is 24.3 Å². The maximum absolute atomic E-state index is 6.62. The maximum atomic E-state index is 6.62. The van der Waals surface area contributed by atoms with E-state index in [1.165, 1.54) is 0 Å². The first-order valence-corrected chi connectivity index (χ1v) is 16.4. The molecule has 0 spiro atoms. The van der Waals surface area contributed by atoms with E-state index in [1.807, 2.05) is 102 Å². The SMILES string of the molecule is CC(C)(C)Oc1cc2c(c(OCc3ccccc3)c1)[C@@H]([C@H]1CCOc3cc(OC(C)(C)C)cc(OCc4ccccc4)c31)CCO2. The summed E-state index contributed by atoms with van der Waals surface area (Å²) in [6.45, 7) is 14.4. The smallest absolute Gasteiger partial charge is 0.130 e. The summed E-state index contributed by atoms with van der Waals surface area (Å²) in [5, 5.41) is 0. The molecule has 2 aliphatic rings. The van der Waals surface area contributed by atoms with Crippen molar-refractivity contribution in [1.29, 1.82) is 0 Å². The molecule has 2 heterocycles. The van der Waals surface area contributed by atoms with Gasteiger partial charge in [0.25, 0.3) is 0 Å². The second-order valence-corrected chi connectivity index (χ2v) is 14.1. The highest BCUT2D eigenvalue weighted by atomic mass is 16.5. The third kappa shape index (κ3) is 7.72. The summed E-state index contributed by atoms with van der Waals surface area (Å²) in [6, 6.07) is 28.6. The number of benzene rings is 4. The topological polar surface area (TPSA) is 55.4 Å². The molecular formula is C40H46O6. The Hall–Kier alpha value is -4.32. The fraction of sp³-hybridized carbons (Fsp3) is 0.400. The van der Waals surface area contributed by atoms with Crippen LogP contribution in [-0.2, 0) is 13.2 Å². The molecule has 4 aromatic rings. The van der Waals surface area contributed by atoms with Crippen molar-refractivity contribution in [1.82, 2.24) is 0 Å². The minimum absolute atomic E-state index is 0.120. The van der Waals surface area contributed by atoms with E-state index in [0.717, 1.165) is 69.6 Å². The zero-order valence-electron chi connectivity index (χ0n) is 27.9. The van der Waals surface area contributed by atoms with Gasteiger partial charge in [0.1, 0.15) is 58.9 Å². The van der Waals surface area contributed by atoms with Crippen LogP contribution in [0.15, 0.2) is 84.9 Å². The second kappa shape index (κ2) is 13.2. The summed E-state index contributed by atoms with van der Waals surface area (Å²) in [6.07, 6.45) is 1.69. The van der Waals surface area contributed by atoms with Crippen LogP contribution >= 0.6 is 0 Å². The number of rotatable bonds is 9. The minimum Gasteiger partial charge on any atom is -0.493 e. The number of hydrogen-bond donors (Lipinski definition) is 0. The zero-order chi connectivity index (χ0) is 32.3. The van der Waals surface area contributed by atoms with Crippen LogP contribution in [0.25, 0.3) is 0 Å². The molecule has 0 unspecified atom stereocenters. The molecule has 0 radical (unpaired) electrons. The highest BCUT2D eigenvalue weighted by Gasteiger charge is 2.39. The molecule has 0 aliphatic carbocycles. The average Bonchev–Trinajstić information content (AvgIpc) is 3.01. The Morgan fingerprint density at radius 3 is 1.33 bits per heavy atom. The summed E-state index contributed by atoms with van der Waals surface area (Å²) < 4.78 is 38.6. The number of fused-ring (bicyclic) bond motifs is 2. The van der Waals surface area contributed by atoms with E-state index in [0.29, 0.717) is 26.4 Å². The van der Waals surface area contributed by atoms with Crippen LogP contribution in [0.5, 0.6) is 34.5 Å². The van der Waals surface area contributed by atoms with E-state index in [1.54, 1.807) is 0 Å². The lowest BCUT2D eigenvalue weighted by atomic mass is 9.75. The molecule has 0 amide bonds. The number of hydrogen-bond acceptors (Lipinski definition) is 6. The largest absolute Gasteiger partial charge is 0.493 e. The molecular weight excluding hydrogens is 576 g/mol. The molecule has 6 rings (SSSR count). The summed E-state index contributed by atoms with van der Waals surface area (Å²) in [7, 11) is 0. The molecule has 4 aromatic carbocycles. The lowest BCUT2D eigenvalue weighted by Gasteiger charge is -2.38. The average molecular weight is 623 g/mol. The fourth-order valence-electron chi connectivity index (χ4n) is 6.34. The van der Waals surface area contributed by atoms with Gasteiger partial charge >= 0.3 is 0 Å². The maximum Gasteiger partial charge on any atom is 0.130 e. The van der Waals surface area contributed by atoms with Gasteiger partial charge in [-0.2, -0.15) is 0 Å². The Morgan fingerprint density at radius 2 is 0.957 bits per heavy atom. The molecule has 46 heavy (non-hydrogen) atoms. The highest BCUT2D eigenvalue weighted by Crippen LogP contribution is 2.55. The van der Waals surface area contributed by atoms with Crippen LogP contribution in [0.4, 0.5) is 0 Å². The van der Waals surface area contributed by atoms with Gasteiger partial charge in [-0.25, -0.2) is 0 Å². The van der Waals surface area contributed by atoms with Crippen LogP contribution < -0.4 is 28.4 Å². The van der Waals surface area contributed by atoms with Gasteiger partial charge in [-0.15, -0.1) is 0 Å². The van der Waals surface area contributed by atoms with Crippen molar-refractivity contribution >= 4 is 0 Å². The van der Waals surface area contributed by atoms with Crippen LogP contribution in [0.1, 0.15) is 88.5 Å². The van der Waals surface area contributed by atoms with Crippen molar-refractivity contribution in [2.75, 3.05) is 13.2 Å². The summed E-state index contributed by atoms with van der Waals surface area (Å²) >= 11 is 0. The van der Waals surface area contributed by atoms with E-state index in [-0.39, 0.29) is 23.0 Å². The van der Waals surface area contributed by atoms with Crippen LogP contribution in [0, 0.1) is 0 Å². The van der Waals surface area contributed by atoms with Gasteiger partial charge in [0.05, 0.1) is 13.2 Å². The lowest BCUT2D eigenvalue weighted by molar-refractivity contribution is 0.127. The summed E-state index contributed by atoms with van der Waals surface area (Å²) in [5.41, 5.74) is 3.63. The fourth-order valence-corrected chi connectivity index (χ4v) is 6.34. The predicted octanol–water partition coefficient (Wildman–Crippen LogP) is 9.63. The lowest BCUT2D eigenvalue weighted by Crippen LogP contribution is -2.27. The van der Waals surface area contributed by atoms with Crippen LogP contribution in [0.3, 0.4) is 0 Å². The first-order chi connectivity index (χ1) is 22.0. The van der Waals surface area contributed by atoms with Gasteiger partial charge in [-0.1, -0.05) is 60.7 Å². The summed E-state index contributed by atoms with van der Waals surface area (Å²) in [5.74, 6) is 4.91. The first-order valence-electron chi connectivity index (χ1n) is 16.4. The number of ether oxygens (including phenoxy) is 6. The highest BCUT2D eigenvalue weighted by molar-refractivity contribution is 5.59. The molecule has 0 fully saturated rings. The minimum atomic E-state index is -0.365. The van der Waals surface area contributed by atoms with Gasteiger partial charge in [-0.3, -0.25) is 0 Å². The molecule has 6 nitrogen and oxygen atoms in total. The molecule has 0 saturated heterocycles. The van der Waals surface area contributed by atoms with E-state index in [9.17, 15) is 0 Å². The van der Waals surface area contributed by atoms with Crippen LogP contribution in [0.2, 0.25) is 0 Å². The Bertz CT molecular complexity index is 1500. The molecule has 242 valence electrons. The zero-order valence-corrected chi connectivity index (χ0v) is 27.9. The van der Waals surface area contributed by atoms with Crippen molar-refractivity contribution in [2.24, 2.45) is 0 Å². The monoisotopic (exact) mass is 622 g/mol. The van der Waals surface area contributed by atoms with Gasteiger partial charge in [-0.05, 0) is 65.5 Å². The molecule has 2 aliphatic heterocycles. The van der Waals surface area contributed by atoms with E-state index in [4.69, 9.17) is 28.4 Å². The van der Waals surface area contributed by atoms with Gasteiger partial charge in [0.15, 0.2) is 0 Å². The molecule has 6 heteroatoms. The van der Waals surface area contributed by atoms with Crippen molar-refractivity contribution in [3.05, 3.63) is 107 Å². The Labute approximate surface area is 273 Å². The molecule has 0 N–H and O–H groups in total. The van der Waals surface area contributed by atoms with Crippen molar-refractivity contribution in [3.8, 4) is 34.5 Å². The van der Waals surface area contributed by atoms with Crippen molar-refractivity contribution in [2.45, 2.75) is 90.6 Å². The molecule has 0 aromatic heterocycles. The second-order valence-electron chi connectivity index (χ2n) is 14.1. The van der Waals surface area contributed by atoms with Crippen LogP contribution in [-0.4, -0.2) is 24.4 Å². The van der Waals surface area contributed by atoms with Gasteiger partial charge in [0, 0.05) is 47.2 Å². The molecule has 0 bridgehead atoms. The first kappa shape index (κ1) is 31.7. The third-order valence-corrected chi connectivity index (χ3v) is 8.08. The quantitative estimate of drug-likeness (QED) is 0.185. The standard InChI is InChI=1S/C40H46O6/c1-39(2,3)45-29-21-33-37(35(23-29)43-25-27-13-9-7-10-14-27)31(17-19-41-33)32-18-20-42-34-22-30(46-40(4,5)6)24-36(38(32)34)44-26-28-15-11-8-12-16-28/h7-16,21-24,31-32H,17-20,25-26H2,1-6H3/t31-,32-/m1/s1. The normalized spacial score (nSPS) is 17.5. The van der Waals surface area contributed by atoms with Crippen molar-refractivity contribution in [3.63, 3.8) is 0 Å². The molecule has 2 atom stereocenters.